The Morgan fingerprint density at radius 1 is 0.466 bits per heavy atom. The molecule has 0 heterocycles. The fraction of sp³-hybridized carbons (Fsp3) is 0.214. The van der Waals surface area contributed by atoms with Crippen LogP contribution in [0.25, 0.3) is 66.1 Å². The third kappa shape index (κ3) is 3.36. The van der Waals surface area contributed by atoms with Gasteiger partial charge in [-0.15, -0.1) is 0 Å². The Morgan fingerprint density at radius 3 is 1.28 bits per heavy atom. The van der Waals surface area contributed by atoms with Crippen LogP contribution < -0.4 is 0 Å². The van der Waals surface area contributed by atoms with Gasteiger partial charge in [0.15, 0.2) is 0 Å². The number of rotatable bonds is 4. The molecular formula is C56H42O2. The van der Waals surface area contributed by atoms with E-state index in [2.05, 4.69) is 147 Å². The summed E-state index contributed by atoms with van der Waals surface area (Å²) >= 11 is 0. The van der Waals surface area contributed by atoms with Gasteiger partial charge in [0, 0.05) is 34.5 Å². The van der Waals surface area contributed by atoms with E-state index in [0.29, 0.717) is 0 Å². The molecule has 0 aromatic heterocycles. The molecule has 6 atom stereocenters. The van der Waals surface area contributed by atoms with Crippen LogP contribution in [0, 0.1) is 0 Å². The molecule has 0 unspecified atom stereocenters. The average Bonchev–Trinajstić information content (AvgIpc) is 3.97. The highest BCUT2D eigenvalue weighted by Crippen LogP contribution is 2.79. The lowest BCUT2D eigenvalue weighted by molar-refractivity contribution is 0.154. The molecule has 2 heteroatoms. The van der Waals surface area contributed by atoms with Gasteiger partial charge in [-0.05, 0) is 135 Å². The van der Waals surface area contributed by atoms with Crippen molar-refractivity contribution in [3.63, 3.8) is 0 Å². The summed E-state index contributed by atoms with van der Waals surface area (Å²) in [6, 6.07) is 49.9. The molecule has 0 bridgehead atoms. The second-order valence-corrected chi connectivity index (χ2v) is 18.6. The van der Waals surface area contributed by atoms with Gasteiger partial charge >= 0.3 is 0 Å². The zero-order valence-corrected chi connectivity index (χ0v) is 32.7. The molecule has 14 rings (SSSR count). The van der Waals surface area contributed by atoms with E-state index in [1.165, 1.54) is 122 Å². The van der Waals surface area contributed by atoms with E-state index in [1.807, 2.05) is 0 Å². The van der Waals surface area contributed by atoms with E-state index in [0.717, 1.165) is 12.8 Å². The van der Waals surface area contributed by atoms with Crippen LogP contribution in [0.5, 0.6) is 0 Å². The second kappa shape index (κ2) is 10.6. The molecule has 58 heavy (non-hydrogen) atoms. The third-order valence-corrected chi connectivity index (χ3v) is 16.6. The van der Waals surface area contributed by atoms with Crippen LogP contribution in [0.4, 0.5) is 0 Å². The zero-order chi connectivity index (χ0) is 38.4. The first-order chi connectivity index (χ1) is 28.5. The van der Waals surface area contributed by atoms with Crippen molar-refractivity contribution in [2.75, 3.05) is 13.2 Å². The van der Waals surface area contributed by atoms with Gasteiger partial charge in [0.2, 0.25) is 0 Å². The van der Waals surface area contributed by atoms with Crippen molar-refractivity contribution in [1.29, 1.82) is 0 Å². The molecule has 0 spiro atoms. The Labute approximate surface area is 338 Å². The lowest BCUT2D eigenvalue weighted by Crippen LogP contribution is -2.47. The summed E-state index contributed by atoms with van der Waals surface area (Å²) in [4.78, 5) is 0. The maximum absolute atomic E-state index is 12.0. The first kappa shape index (κ1) is 32.2. The van der Waals surface area contributed by atoms with E-state index < -0.39 is 0 Å². The number of hydrogen-bond acceptors (Lipinski definition) is 2. The fourth-order valence-corrected chi connectivity index (χ4v) is 14.7. The van der Waals surface area contributed by atoms with Crippen molar-refractivity contribution in [2.24, 2.45) is 0 Å². The SMILES string of the molecule is C[C@]12c3c4c(c(-c5ccccc5)c5ccc6c(c35)[C@@H]3[C@H]1c1c(ccc5c(-c7ccccc7)c7c(c(c15)[C@]3(C)[C@@H]6CO)Cc1ccccc1-7)[C@H]2CO)-c1ccccc1C4. The van der Waals surface area contributed by atoms with E-state index in [4.69, 9.17) is 0 Å². The topological polar surface area (TPSA) is 40.5 Å². The summed E-state index contributed by atoms with van der Waals surface area (Å²) in [5.41, 5.74) is 24.0. The number of aliphatic hydroxyl groups is 2. The molecule has 0 amide bonds. The highest BCUT2D eigenvalue weighted by molar-refractivity contribution is 6.15. The van der Waals surface area contributed by atoms with Gasteiger partial charge < -0.3 is 10.2 Å². The molecule has 278 valence electrons. The largest absolute Gasteiger partial charge is 0.396 e. The first-order valence-corrected chi connectivity index (χ1v) is 21.3. The number of aliphatic hydroxyl groups excluding tert-OH is 2. The lowest BCUT2D eigenvalue weighted by atomic mass is 9.48. The average molecular weight is 747 g/mol. The van der Waals surface area contributed by atoms with Crippen LogP contribution in [0.15, 0.2) is 133 Å². The molecule has 2 nitrogen and oxygen atoms in total. The smallest absolute Gasteiger partial charge is 0.0508 e. The van der Waals surface area contributed by atoms with Crippen LogP contribution in [0.1, 0.15) is 93.2 Å². The monoisotopic (exact) mass is 746 g/mol. The van der Waals surface area contributed by atoms with Crippen molar-refractivity contribution in [3.8, 4) is 44.5 Å². The van der Waals surface area contributed by atoms with Crippen molar-refractivity contribution in [1.82, 2.24) is 0 Å². The molecule has 0 fully saturated rings. The van der Waals surface area contributed by atoms with Gasteiger partial charge in [0.25, 0.3) is 0 Å². The first-order valence-electron chi connectivity index (χ1n) is 21.3. The highest BCUT2D eigenvalue weighted by Gasteiger charge is 2.69. The van der Waals surface area contributed by atoms with Crippen molar-refractivity contribution < 1.29 is 10.2 Å². The van der Waals surface area contributed by atoms with Crippen LogP contribution in [-0.2, 0) is 23.7 Å². The maximum Gasteiger partial charge on any atom is 0.0508 e. The standard InChI is InChI=1S/C56H42O2/c1-55-41(27-57)35-21-23-38-44(30-15-7-4-8-16-30)46-34-20-12-10-18-32(34)26-40(46)52-50(38)47(35)53(55)54-48-36(42(28-58)56(52,54)2)22-24-37-43(29-13-5-3-6-14-29)45-33-19-11-9-17-31(33)25-39(45)51(55)49(37)48/h3-24,41-42,53-54,57-58H,25-28H2,1-2H3/t41-,42-,53-,54-,55+,56+/m1/s1. The van der Waals surface area contributed by atoms with E-state index >= 15 is 0 Å². The van der Waals surface area contributed by atoms with Gasteiger partial charge in [-0.1, -0.05) is 147 Å². The number of hydrogen-bond donors (Lipinski definition) is 2. The van der Waals surface area contributed by atoms with Crippen LogP contribution in [0.3, 0.4) is 0 Å². The number of benzene rings is 8. The van der Waals surface area contributed by atoms with Crippen molar-refractivity contribution in [2.45, 2.75) is 61.2 Å². The van der Waals surface area contributed by atoms with Gasteiger partial charge in [-0.3, -0.25) is 0 Å². The van der Waals surface area contributed by atoms with Gasteiger partial charge in [0.1, 0.15) is 0 Å². The summed E-state index contributed by atoms with van der Waals surface area (Å²) in [6.07, 6.45) is 1.77. The Hall–Kier alpha value is -5.80. The summed E-state index contributed by atoms with van der Waals surface area (Å²) in [5, 5.41) is 29.4. The van der Waals surface area contributed by atoms with Crippen molar-refractivity contribution >= 4 is 21.5 Å². The van der Waals surface area contributed by atoms with E-state index in [-0.39, 0.29) is 47.7 Å². The molecule has 6 aliphatic carbocycles. The predicted octanol–water partition coefficient (Wildman–Crippen LogP) is 12.1. The molecule has 0 aliphatic heterocycles. The number of fused-ring (bicyclic) bond motifs is 10. The second-order valence-electron chi connectivity index (χ2n) is 18.6. The fourth-order valence-electron chi connectivity index (χ4n) is 14.7. The van der Waals surface area contributed by atoms with Crippen molar-refractivity contribution in [3.05, 3.63) is 189 Å². The summed E-state index contributed by atoms with van der Waals surface area (Å²) in [7, 11) is 0. The summed E-state index contributed by atoms with van der Waals surface area (Å²) in [5.74, 6) is 0.160. The molecule has 0 radical (unpaired) electrons. The summed E-state index contributed by atoms with van der Waals surface area (Å²) in [6.45, 7) is 5.26. The summed E-state index contributed by atoms with van der Waals surface area (Å²) < 4.78 is 0. The molecule has 0 saturated heterocycles. The van der Waals surface area contributed by atoms with Gasteiger partial charge in [-0.2, -0.15) is 0 Å². The van der Waals surface area contributed by atoms with Gasteiger partial charge in [-0.25, -0.2) is 0 Å². The Balaban J connectivity index is 1.20. The predicted molar refractivity (Wildman–Crippen MR) is 235 cm³/mol. The van der Waals surface area contributed by atoms with E-state index in [9.17, 15) is 10.2 Å². The molecular weight excluding hydrogens is 705 g/mol. The zero-order valence-electron chi connectivity index (χ0n) is 32.7. The van der Waals surface area contributed by atoms with Crippen LogP contribution in [0.2, 0.25) is 0 Å². The molecule has 6 aliphatic rings. The Kier molecular flexibility index (Phi) is 5.90. The minimum Gasteiger partial charge on any atom is -0.396 e. The minimum atomic E-state index is -0.376. The minimum absolute atomic E-state index is 0.0682. The highest BCUT2D eigenvalue weighted by atomic mass is 16.3. The quantitative estimate of drug-likeness (QED) is 0.188. The van der Waals surface area contributed by atoms with Crippen LogP contribution in [-0.4, -0.2) is 23.4 Å². The molecule has 8 aromatic rings. The van der Waals surface area contributed by atoms with Gasteiger partial charge in [0.05, 0.1) is 13.2 Å². The molecule has 8 aromatic carbocycles. The van der Waals surface area contributed by atoms with Crippen LogP contribution >= 0.6 is 0 Å². The Bertz CT molecular complexity index is 2980. The molecule has 2 N–H and O–H groups in total. The normalized spacial score (nSPS) is 25.4. The maximum atomic E-state index is 12.0. The van der Waals surface area contributed by atoms with E-state index in [1.54, 1.807) is 0 Å². The lowest BCUT2D eigenvalue weighted by Gasteiger charge is -2.54. The molecule has 0 saturated carbocycles. The third-order valence-electron chi connectivity index (χ3n) is 16.6. The Morgan fingerprint density at radius 2 is 0.862 bits per heavy atom.